The highest BCUT2D eigenvalue weighted by Crippen LogP contribution is 2.23. The molecule has 2 heterocycles. The summed E-state index contributed by atoms with van der Waals surface area (Å²) in [6.07, 6.45) is 0.741. The Morgan fingerprint density at radius 1 is 1.10 bits per heavy atom. The number of anilines is 2. The van der Waals surface area contributed by atoms with E-state index in [-0.39, 0.29) is 6.03 Å². The molecule has 1 aromatic heterocycles. The van der Waals surface area contributed by atoms with Crippen LogP contribution in [0.2, 0.25) is 0 Å². The van der Waals surface area contributed by atoms with E-state index in [9.17, 15) is 4.79 Å². The van der Waals surface area contributed by atoms with Gasteiger partial charge in [0.05, 0.1) is 5.69 Å². The van der Waals surface area contributed by atoms with Crippen molar-refractivity contribution in [2.75, 3.05) is 36.4 Å². The zero-order chi connectivity index (χ0) is 20.2. The number of aromatic nitrogens is 2. The Balaban J connectivity index is 1.31. The molecule has 1 fully saturated rings. The van der Waals surface area contributed by atoms with Crippen LogP contribution in [0.15, 0.2) is 53.0 Å². The summed E-state index contributed by atoms with van der Waals surface area (Å²) in [4.78, 5) is 21.3. The maximum Gasteiger partial charge on any atom is 0.321 e. The molecule has 0 aliphatic carbocycles. The van der Waals surface area contributed by atoms with Gasteiger partial charge in [-0.05, 0) is 40.5 Å². The van der Waals surface area contributed by atoms with Crippen LogP contribution in [0, 0.1) is 6.92 Å². The number of nitrogens with one attached hydrogen (secondary N) is 1. The summed E-state index contributed by atoms with van der Waals surface area (Å²) in [7, 11) is 0. The number of para-hydroxylation sites is 1. The van der Waals surface area contributed by atoms with Crippen molar-refractivity contribution in [3.8, 4) is 0 Å². The number of amides is 2. The fourth-order valence-corrected chi connectivity index (χ4v) is 4.31. The number of rotatable bonds is 4. The quantitative estimate of drug-likeness (QED) is 0.605. The molecule has 6 nitrogen and oxygen atoms in total. The van der Waals surface area contributed by atoms with Crippen LogP contribution in [0.4, 0.5) is 15.6 Å². The molecule has 0 atom stereocenters. The Hall–Kier alpha value is -2.45. The van der Waals surface area contributed by atoms with Crippen LogP contribution < -0.4 is 10.2 Å². The predicted octanol–water partition coefficient (Wildman–Crippen LogP) is 4.55. The molecule has 150 valence electrons. The highest BCUT2D eigenvalue weighted by atomic mass is 79.9. The Morgan fingerprint density at radius 3 is 2.55 bits per heavy atom. The summed E-state index contributed by atoms with van der Waals surface area (Å²) in [5, 5.41) is 3.89. The Kier molecular flexibility index (Phi) is 6.10. The molecule has 2 aromatic carbocycles. The van der Waals surface area contributed by atoms with E-state index >= 15 is 0 Å². The molecular formula is C21H22BrN5OS. The lowest BCUT2D eigenvalue weighted by Gasteiger charge is -2.34. The normalized spacial score (nSPS) is 14.1. The van der Waals surface area contributed by atoms with Crippen LogP contribution in [0.5, 0.6) is 0 Å². The van der Waals surface area contributed by atoms with Crippen LogP contribution in [0.3, 0.4) is 0 Å². The van der Waals surface area contributed by atoms with Crippen molar-refractivity contribution >= 4 is 44.3 Å². The van der Waals surface area contributed by atoms with Crippen LogP contribution in [0.25, 0.3) is 0 Å². The lowest BCUT2D eigenvalue weighted by atomic mass is 10.1. The van der Waals surface area contributed by atoms with Gasteiger partial charge in [0.15, 0.2) is 0 Å². The van der Waals surface area contributed by atoms with E-state index in [0.717, 1.165) is 40.6 Å². The van der Waals surface area contributed by atoms with Crippen molar-refractivity contribution in [3.05, 3.63) is 70.0 Å². The first-order valence-corrected chi connectivity index (χ1v) is 11.1. The molecular weight excluding hydrogens is 450 g/mol. The van der Waals surface area contributed by atoms with Gasteiger partial charge in [0, 0.05) is 48.6 Å². The Morgan fingerprint density at radius 2 is 1.83 bits per heavy atom. The first-order chi connectivity index (χ1) is 14.1. The third-order valence-corrected chi connectivity index (χ3v) is 6.40. The van der Waals surface area contributed by atoms with Gasteiger partial charge >= 0.3 is 6.03 Å². The molecule has 4 rings (SSSR count). The van der Waals surface area contributed by atoms with Gasteiger partial charge in [0.25, 0.3) is 0 Å². The monoisotopic (exact) mass is 471 g/mol. The summed E-state index contributed by atoms with van der Waals surface area (Å²) in [5.41, 5.74) is 3.25. The second-order valence-electron chi connectivity index (χ2n) is 7.04. The summed E-state index contributed by atoms with van der Waals surface area (Å²) >= 11 is 4.90. The topological polar surface area (TPSA) is 61.4 Å². The zero-order valence-corrected chi connectivity index (χ0v) is 18.5. The summed E-state index contributed by atoms with van der Waals surface area (Å²) in [6.45, 7) is 4.90. The first kappa shape index (κ1) is 19.8. The smallest absolute Gasteiger partial charge is 0.321 e. The van der Waals surface area contributed by atoms with E-state index in [0.29, 0.717) is 13.1 Å². The number of carbonyl (C=O) groups is 1. The van der Waals surface area contributed by atoms with Crippen LogP contribution in [-0.4, -0.2) is 46.5 Å². The largest absolute Gasteiger partial charge is 0.343 e. The third-order valence-electron chi connectivity index (χ3n) is 4.89. The van der Waals surface area contributed by atoms with Gasteiger partial charge < -0.3 is 15.1 Å². The fraction of sp³-hybridized carbons (Fsp3) is 0.286. The number of halogens is 1. The van der Waals surface area contributed by atoms with Crippen molar-refractivity contribution in [1.82, 2.24) is 14.3 Å². The highest BCUT2D eigenvalue weighted by Gasteiger charge is 2.23. The maximum absolute atomic E-state index is 12.5. The minimum absolute atomic E-state index is 0.0751. The molecule has 1 N–H and O–H groups in total. The van der Waals surface area contributed by atoms with Crippen LogP contribution in [-0.2, 0) is 6.42 Å². The van der Waals surface area contributed by atoms with Crippen molar-refractivity contribution < 1.29 is 4.79 Å². The number of benzene rings is 2. The second-order valence-corrected chi connectivity index (χ2v) is 8.62. The summed E-state index contributed by atoms with van der Waals surface area (Å²) in [5.74, 6) is 0.850. The van der Waals surface area contributed by atoms with Gasteiger partial charge in [0.2, 0.25) is 5.13 Å². The Bertz CT molecular complexity index is 983. The lowest BCUT2D eigenvalue weighted by molar-refractivity contribution is 0.208. The average molecular weight is 472 g/mol. The van der Waals surface area contributed by atoms with Crippen molar-refractivity contribution in [3.63, 3.8) is 0 Å². The zero-order valence-electron chi connectivity index (χ0n) is 16.1. The molecule has 3 aromatic rings. The highest BCUT2D eigenvalue weighted by molar-refractivity contribution is 9.10. The first-order valence-electron chi connectivity index (χ1n) is 9.52. The number of hydrogen-bond acceptors (Lipinski definition) is 5. The van der Waals surface area contributed by atoms with Crippen molar-refractivity contribution in [2.24, 2.45) is 0 Å². The maximum atomic E-state index is 12.5. The molecule has 0 radical (unpaired) electrons. The molecule has 0 unspecified atom stereocenters. The number of nitrogens with zero attached hydrogens (tertiary/aromatic N) is 4. The minimum Gasteiger partial charge on any atom is -0.343 e. The fourth-order valence-electron chi connectivity index (χ4n) is 3.19. The van der Waals surface area contributed by atoms with E-state index in [1.165, 1.54) is 22.7 Å². The average Bonchev–Trinajstić information content (AvgIpc) is 3.20. The van der Waals surface area contributed by atoms with Gasteiger partial charge in [-0.1, -0.05) is 42.0 Å². The van der Waals surface area contributed by atoms with Gasteiger partial charge in [-0.2, -0.15) is 4.37 Å². The third kappa shape index (κ3) is 4.94. The van der Waals surface area contributed by atoms with E-state index in [1.54, 1.807) is 0 Å². The molecule has 29 heavy (non-hydrogen) atoms. The Labute approximate surface area is 182 Å². The van der Waals surface area contributed by atoms with Gasteiger partial charge in [-0.15, -0.1) is 0 Å². The number of carbonyl (C=O) groups excluding carboxylic acids is 1. The molecule has 1 saturated heterocycles. The van der Waals surface area contributed by atoms with Gasteiger partial charge in [-0.25, -0.2) is 9.78 Å². The predicted molar refractivity (Wildman–Crippen MR) is 121 cm³/mol. The van der Waals surface area contributed by atoms with Gasteiger partial charge in [-0.3, -0.25) is 0 Å². The molecule has 1 aliphatic heterocycles. The number of piperazine rings is 1. The second kappa shape index (κ2) is 8.92. The standard InChI is InChI=1S/C21H22BrN5OS/c1-15-6-8-16(9-7-15)14-19-24-21(29-25-19)27-12-10-26(11-13-27)20(28)23-18-5-3-2-4-17(18)22/h2-9H,10-14H2,1H3,(H,23,28). The van der Waals surface area contributed by atoms with Gasteiger partial charge in [0.1, 0.15) is 5.82 Å². The molecule has 0 saturated carbocycles. The minimum atomic E-state index is -0.0751. The van der Waals surface area contributed by atoms with E-state index < -0.39 is 0 Å². The summed E-state index contributed by atoms with van der Waals surface area (Å²) in [6, 6.07) is 16.0. The van der Waals surface area contributed by atoms with E-state index in [4.69, 9.17) is 4.98 Å². The molecule has 2 amide bonds. The van der Waals surface area contributed by atoms with E-state index in [2.05, 4.69) is 61.7 Å². The number of urea groups is 1. The number of hydrogen-bond donors (Lipinski definition) is 1. The van der Waals surface area contributed by atoms with Crippen LogP contribution in [0.1, 0.15) is 17.0 Å². The molecule has 1 aliphatic rings. The van der Waals surface area contributed by atoms with Crippen molar-refractivity contribution in [2.45, 2.75) is 13.3 Å². The lowest BCUT2D eigenvalue weighted by Crippen LogP contribution is -2.50. The van der Waals surface area contributed by atoms with E-state index in [1.807, 2.05) is 29.2 Å². The number of aryl methyl sites for hydroxylation is 1. The molecule has 8 heteroatoms. The van der Waals surface area contributed by atoms with Crippen LogP contribution >= 0.6 is 27.5 Å². The molecule has 0 spiro atoms. The SMILES string of the molecule is Cc1ccc(Cc2nsc(N3CCN(C(=O)Nc4ccccc4Br)CC3)n2)cc1. The summed E-state index contributed by atoms with van der Waals surface area (Å²) < 4.78 is 5.40. The van der Waals surface area contributed by atoms with Crippen molar-refractivity contribution in [1.29, 1.82) is 0 Å². The molecule has 0 bridgehead atoms.